The fourth-order valence-electron chi connectivity index (χ4n) is 3.65. The molecule has 1 aromatic rings. The third-order valence-corrected chi connectivity index (χ3v) is 5.22. The lowest BCUT2D eigenvalue weighted by Crippen LogP contribution is -2.56. The van der Waals surface area contributed by atoms with Gasteiger partial charge in [-0.15, -0.1) is 0 Å². The first-order chi connectivity index (χ1) is 13.2. The third-order valence-electron chi connectivity index (χ3n) is 5.22. The molecule has 2 fully saturated rings. The number of likely N-dealkylation sites (tertiary alicyclic amines) is 1. The van der Waals surface area contributed by atoms with Crippen molar-refractivity contribution in [3.8, 4) is 0 Å². The Bertz CT molecular complexity index is 756. The number of amides is 3. The van der Waals surface area contributed by atoms with Gasteiger partial charge in [-0.1, -0.05) is 17.7 Å². The Balaban J connectivity index is 1.60. The lowest BCUT2D eigenvalue weighted by atomic mass is 10.1. The second kappa shape index (κ2) is 7.81. The molecule has 28 heavy (non-hydrogen) atoms. The van der Waals surface area contributed by atoms with Crippen LogP contribution < -0.4 is 0 Å². The van der Waals surface area contributed by atoms with Crippen LogP contribution in [0.4, 0.5) is 13.2 Å². The SMILES string of the molecule is Cc1ccc(C(=O)N2CCN(C(=O)C3CCCN3C(=O)C(F)(F)F)CC2)cc1. The van der Waals surface area contributed by atoms with E-state index in [1.54, 1.807) is 17.0 Å². The van der Waals surface area contributed by atoms with Crippen LogP contribution in [-0.2, 0) is 9.59 Å². The van der Waals surface area contributed by atoms with Crippen molar-refractivity contribution in [1.29, 1.82) is 0 Å². The van der Waals surface area contributed by atoms with Crippen LogP contribution in [0.3, 0.4) is 0 Å². The van der Waals surface area contributed by atoms with E-state index >= 15 is 0 Å². The minimum Gasteiger partial charge on any atom is -0.337 e. The quantitative estimate of drug-likeness (QED) is 0.765. The van der Waals surface area contributed by atoms with E-state index in [1.165, 1.54) is 4.90 Å². The molecule has 1 aromatic carbocycles. The summed E-state index contributed by atoms with van der Waals surface area (Å²) < 4.78 is 38.2. The Hall–Kier alpha value is -2.58. The van der Waals surface area contributed by atoms with Crippen LogP contribution in [0.15, 0.2) is 24.3 Å². The van der Waals surface area contributed by atoms with E-state index in [1.807, 2.05) is 19.1 Å². The van der Waals surface area contributed by atoms with E-state index in [2.05, 4.69) is 0 Å². The standard InChI is InChI=1S/C19H22F3N3O3/c1-13-4-6-14(7-5-13)16(26)23-9-11-24(12-10-23)17(27)15-3-2-8-25(15)18(28)19(20,21)22/h4-7,15H,2-3,8-12H2,1H3. The Kier molecular flexibility index (Phi) is 5.62. The van der Waals surface area contributed by atoms with Crippen LogP contribution >= 0.6 is 0 Å². The van der Waals surface area contributed by atoms with Crippen LogP contribution in [0.1, 0.15) is 28.8 Å². The van der Waals surface area contributed by atoms with Crippen molar-refractivity contribution >= 4 is 17.7 Å². The third kappa shape index (κ3) is 4.13. The number of nitrogens with zero attached hydrogens (tertiary/aromatic N) is 3. The van der Waals surface area contributed by atoms with Crippen molar-refractivity contribution in [3.63, 3.8) is 0 Å². The molecule has 6 nitrogen and oxygen atoms in total. The van der Waals surface area contributed by atoms with Crippen LogP contribution in [0.2, 0.25) is 0 Å². The first-order valence-corrected chi connectivity index (χ1v) is 9.21. The van der Waals surface area contributed by atoms with Crippen molar-refractivity contribution in [2.75, 3.05) is 32.7 Å². The Morgan fingerprint density at radius 3 is 2.07 bits per heavy atom. The molecule has 0 aliphatic carbocycles. The number of piperazine rings is 1. The van der Waals surface area contributed by atoms with Crippen LogP contribution in [0, 0.1) is 6.92 Å². The highest BCUT2D eigenvalue weighted by Gasteiger charge is 2.48. The average Bonchev–Trinajstić information content (AvgIpc) is 3.16. The van der Waals surface area contributed by atoms with Gasteiger partial charge in [-0.25, -0.2) is 0 Å². The molecular weight excluding hydrogens is 375 g/mol. The van der Waals surface area contributed by atoms with Crippen molar-refractivity contribution in [2.45, 2.75) is 32.0 Å². The topological polar surface area (TPSA) is 60.9 Å². The van der Waals surface area contributed by atoms with Gasteiger partial charge in [-0.05, 0) is 31.9 Å². The highest BCUT2D eigenvalue weighted by Crippen LogP contribution is 2.27. The highest BCUT2D eigenvalue weighted by atomic mass is 19.4. The zero-order chi connectivity index (χ0) is 20.5. The van der Waals surface area contributed by atoms with Gasteiger partial charge in [0.2, 0.25) is 5.91 Å². The van der Waals surface area contributed by atoms with E-state index < -0.39 is 24.0 Å². The molecule has 0 N–H and O–H groups in total. The maximum Gasteiger partial charge on any atom is 0.471 e. The minimum absolute atomic E-state index is 0.0688. The first-order valence-electron chi connectivity index (χ1n) is 9.21. The first kappa shape index (κ1) is 20.2. The van der Waals surface area contributed by atoms with Crippen molar-refractivity contribution in [2.24, 2.45) is 0 Å². The number of hydrogen-bond acceptors (Lipinski definition) is 3. The van der Waals surface area contributed by atoms with E-state index in [0.717, 1.165) is 5.56 Å². The van der Waals surface area contributed by atoms with Gasteiger partial charge < -0.3 is 14.7 Å². The zero-order valence-corrected chi connectivity index (χ0v) is 15.5. The molecular formula is C19H22F3N3O3. The van der Waals surface area contributed by atoms with Gasteiger partial charge in [0, 0.05) is 38.3 Å². The van der Waals surface area contributed by atoms with E-state index in [4.69, 9.17) is 0 Å². The van der Waals surface area contributed by atoms with Crippen molar-refractivity contribution in [1.82, 2.24) is 14.7 Å². The zero-order valence-electron chi connectivity index (χ0n) is 15.5. The number of carbonyl (C=O) groups excluding carboxylic acids is 3. The molecule has 3 amide bonds. The summed E-state index contributed by atoms with van der Waals surface area (Å²) in [6, 6.07) is 6.11. The summed E-state index contributed by atoms with van der Waals surface area (Å²) in [5.74, 6) is -2.57. The maximum atomic E-state index is 12.7. The van der Waals surface area contributed by atoms with E-state index in [0.29, 0.717) is 30.0 Å². The second-order valence-electron chi connectivity index (χ2n) is 7.14. The molecule has 152 valence electrons. The predicted octanol–water partition coefficient (Wildman–Crippen LogP) is 1.83. The van der Waals surface area contributed by atoms with E-state index in [-0.39, 0.29) is 32.0 Å². The predicted molar refractivity (Wildman–Crippen MR) is 94.5 cm³/mol. The number of halogens is 3. The summed E-state index contributed by atoms with van der Waals surface area (Å²) in [6.07, 6.45) is -4.39. The van der Waals surface area contributed by atoms with Crippen LogP contribution in [0.5, 0.6) is 0 Å². The molecule has 0 radical (unpaired) electrons. The molecule has 2 heterocycles. The summed E-state index contributed by atoms with van der Waals surface area (Å²) in [5, 5.41) is 0. The summed E-state index contributed by atoms with van der Waals surface area (Å²) in [7, 11) is 0. The normalized spacial score (nSPS) is 20.4. The number of aryl methyl sites for hydroxylation is 1. The number of alkyl halides is 3. The molecule has 0 spiro atoms. The molecule has 2 saturated heterocycles. The van der Waals surface area contributed by atoms with Gasteiger partial charge in [-0.3, -0.25) is 14.4 Å². The number of carbonyl (C=O) groups is 3. The molecule has 0 aromatic heterocycles. The number of rotatable bonds is 2. The van der Waals surface area contributed by atoms with Gasteiger partial charge in [0.1, 0.15) is 6.04 Å². The highest BCUT2D eigenvalue weighted by molar-refractivity contribution is 5.94. The van der Waals surface area contributed by atoms with Gasteiger partial charge in [-0.2, -0.15) is 13.2 Å². The Morgan fingerprint density at radius 1 is 0.929 bits per heavy atom. The smallest absolute Gasteiger partial charge is 0.337 e. The van der Waals surface area contributed by atoms with Gasteiger partial charge in [0.25, 0.3) is 5.91 Å². The fraction of sp³-hybridized carbons (Fsp3) is 0.526. The number of hydrogen-bond donors (Lipinski definition) is 0. The molecule has 2 aliphatic heterocycles. The lowest BCUT2D eigenvalue weighted by Gasteiger charge is -2.37. The van der Waals surface area contributed by atoms with Crippen molar-refractivity contribution in [3.05, 3.63) is 35.4 Å². The fourth-order valence-corrected chi connectivity index (χ4v) is 3.65. The second-order valence-corrected chi connectivity index (χ2v) is 7.14. The van der Waals surface area contributed by atoms with Gasteiger partial charge in [0.15, 0.2) is 0 Å². The molecule has 1 atom stereocenters. The molecule has 9 heteroatoms. The Morgan fingerprint density at radius 2 is 1.50 bits per heavy atom. The summed E-state index contributed by atoms with van der Waals surface area (Å²) >= 11 is 0. The van der Waals surface area contributed by atoms with Crippen LogP contribution in [0.25, 0.3) is 0 Å². The molecule has 1 unspecified atom stereocenters. The monoisotopic (exact) mass is 397 g/mol. The minimum atomic E-state index is -4.98. The molecule has 0 saturated carbocycles. The summed E-state index contributed by atoms with van der Waals surface area (Å²) in [4.78, 5) is 40.5. The van der Waals surface area contributed by atoms with E-state index in [9.17, 15) is 27.6 Å². The van der Waals surface area contributed by atoms with Gasteiger partial charge in [0.05, 0.1) is 0 Å². The average molecular weight is 397 g/mol. The molecule has 0 bridgehead atoms. The number of benzene rings is 1. The maximum absolute atomic E-state index is 12.7. The summed E-state index contributed by atoms with van der Waals surface area (Å²) in [6.45, 7) is 2.94. The van der Waals surface area contributed by atoms with Crippen molar-refractivity contribution < 1.29 is 27.6 Å². The van der Waals surface area contributed by atoms with Gasteiger partial charge >= 0.3 is 12.1 Å². The largest absolute Gasteiger partial charge is 0.471 e. The Labute approximate surface area is 160 Å². The molecule has 2 aliphatic rings. The molecule has 3 rings (SSSR count). The summed E-state index contributed by atoms with van der Waals surface area (Å²) in [5.41, 5.74) is 1.60. The van der Waals surface area contributed by atoms with Crippen LogP contribution in [-0.4, -0.2) is 77.4 Å². The lowest BCUT2D eigenvalue weighted by molar-refractivity contribution is -0.187.